The zero-order valence-corrected chi connectivity index (χ0v) is 14.5. The van der Waals surface area contributed by atoms with Crippen LogP contribution >= 0.6 is 11.6 Å². The first-order chi connectivity index (χ1) is 12.7. The minimum Gasteiger partial charge on any atom is -0.453 e. The summed E-state index contributed by atoms with van der Waals surface area (Å²) in [5.74, 6) is 0.922. The van der Waals surface area contributed by atoms with Crippen LogP contribution in [-0.2, 0) is 17.8 Å². The third kappa shape index (κ3) is 3.48. The molecule has 4 rings (SSSR count). The van der Waals surface area contributed by atoms with Gasteiger partial charge in [0.25, 0.3) is 0 Å². The molecule has 1 N–H and O–H groups in total. The van der Waals surface area contributed by atoms with Crippen molar-refractivity contribution in [2.75, 3.05) is 0 Å². The summed E-state index contributed by atoms with van der Waals surface area (Å²) in [4.78, 5) is 12.1. The maximum Gasteiger partial charge on any atom is 0.226 e. The van der Waals surface area contributed by atoms with Crippen molar-refractivity contribution in [3.05, 3.63) is 76.9 Å². The molecule has 2 aromatic heterocycles. The second-order valence-electron chi connectivity index (χ2n) is 5.88. The Labute approximate surface area is 154 Å². The number of furan rings is 1. The Kier molecular flexibility index (Phi) is 4.46. The molecule has 0 saturated carbocycles. The number of fused-ring (bicyclic) bond motifs is 1. The number of nitrogens with zero attached hydrogens (tertiary/aromatic N) is 1. The summed E-state index contributed by atoms with van der Waals surface area (Å²) in [6.07, 6.45) is 0.119. The Morgan fingerprint density at radius 1 is 1.04 bits per heavy atom. The van der Waals surface area contributed by atoms with E-state index in [1.807, 2.05) is 48.5 Å². The van der Waals surface area contributed by atoms with Gasteiger partial charge in [0.05, 0.1) is 12.1 Å². The number of para-hydroxylation sites is 1. The van der Waals surface area contributed by atoms with E-state index in [1.165, 1.54) is 0 Å². The number of hydrogen-bond acceptors (Lipinski definition) is 4. The second kappa shape index (κ2) is 7.06. The lowest BCUT2D eigenvalue weighted by Gasteiger charge is -2.05. The van der Waals surface area contributed by atoms with Gasteiger partial charge >= 0.3 is 0 Å². The van der Waals surface area contributed by atoms with Crippen molar-refractivity contribution < 1.29 is 13.7 Å². The van der Waals surface area contributed by atoms with Gasteiger partial charge in [-0.2, -0.15) is 0 Å². The van der Waals surface area contributed by atoms with Crippen molar-refractivity contribution in [3.63, 3.8) is 0 Å². The molecule has 0 fully saturated rings. The van der Waals surface area contributed by atoms with Gasteiger partial charge in [-0.1, -0.05) is 53.2 Å². The molecule has 4 aromatic rings. The van der Waals surface area contributed by atoms with E-state index in [4.69, 9.17) is 20.5 Å². The Balaban J connectivity index is 1.41. The molecule has 5 nitrogen and oxygen atoms in total. The molecule has 0 bridgehead atoms. The van der Waals surface area contributed by atoms with Gasteiger partial charge in [-0.3, -0.25) is 4.79 Å². The van der Waals surface area contributed by atoms with Gasteiger partial charge in [-0.05, 0) is 23.8 Å². The van der Waals surface area contributed by atoms with Crippen LogP contribution in [0.2, 0.25) is 5.02 Å². The van der Waals surface area contributed by atoms with Crippen LogP contribution in [0.5, 0.6) is 0 Å². The Morgan fingerprint density at radius 2 is 1.85 bits per heavy atom. The molecule has 0 aliphatic rings. The highest BCUT2D eigenvalue weighted by molar-refractivity contribution is 6.31. The Bertz CT molecular complexity index is 1030. The van der Waals surface area contributed by atoms with Crippen LogP contribution in [0.25, 0.3) is 22.5 Å². The summed E-state index contributed by atoms with van der Waals surface area (Å²) >= 11 is 6.08. The van der Waals surface area contributed by atoms with Crippen molar-refractivity contribution in [1.29, 1.82) is 0 Å². The Hall–Kier alpha value is -3.05. The molecule has 0 aliphatic carbocycles. The molecule has 2 heterocycles. The molecule has 0 radical (unpaired) electrons. The number of carbonyl (C=O) groups is 1. The summed E-state index contributed by atoms with van der Waals surface area (Å²) in [5, 5.41) is 8.39. The molecule has 130 valence electrons. The number of amides is 1. The van der Waals surface area contributed by atoms with Crippen LogP contribution in [-0.4, -0.2) is 11.1 Å². The van der Waals surface area contributed by atoms with Gasteiger partial charge < -0.3 is 14.3 Å². The maximum absolute atomic E-state index is 12.1. The van der Waals surface area contributed by atoms with Gasteiger partial charge in [-0.15, -0.1) is 0 Å². The van der Waals surface area contributed by atoms with E-state index in [9.17, 15) is 4.79 Å². The van der Waals surface area contributed by atoms with Crippen LogP contribution < -0.4 is 5.32 Å². The zero-order chi connectivity index (χ0) is 17.9. The van der Waals surface area contributed by atoms with E-state index in [1.54, 1.807) is 12.1 Å². The van der Waals surface area contributed by atoms with E-state index >= 15 is 0 Å². The second-order valence-corrected chi connectivity index (χ2v) is 6.28. The standard InChI is InChI=1S/C20H15ClN2O3/c21-16-7-3-1-6-14(16)12-22-20(24)11-15-10-19(26-23-15)18-9-13-5-2-4-8-17(13)25-18/h1-10H,11-12H2,(H,22,24). The number of carbonyl (C=O) groups excluding carboxylic acids is 1. The molecule has 1 amide bonds. The number of hydrogen-bond donors (Lipinski definition) is 1. The van der Waals surface area contributed by atoms with Crippen molar-refractivity contribution in [1.82, 2.24) is 10.5 Å². The molecule has 26 heavy (non-hydrogen) atoms. The summed E-state index contributed by atoms with van der Waals surface area (Å²) in [6, 6.07) is 18.7. The van der Waals surface area contributed by atoms with Gasteiger partial charge in [0.2, 0.25) is 11.7 Å². The first-order valence-electron chi connectivity index (χ1n) is 8.14. The molecule has 0 spiro atoms. The highest BCUT2D eigenvalue weighted by Crippen LogP contribution is 2.28. The van der Waals surface area contributed by atoms with Crippen molar-refractivity contribution in [2.45, 2.75) is 13.0 Å². The summed E-state index contributed by atoms with van der Waals surface area (Å²) in [6.45, 7) is 0.368. The molecular formula is C20H15ClN2O3. The molecule has 0 aliphatic heterocycles. The number of aromatic nitrogens is 1. The van der Waals surface area contributed by atoms with Crippen LogP contribution in [0, 0.1) is 0 Å². The third-order valence-electron chi connectivity index (χ3n) is 4.00. The first kappa shape index (κ1) is 16.4. The van der Waals surface area contributed by atoms with Gasteiger partial charge in [0, 0.05) is 23.0 Å². The molecular weight excluding hydrogens is 352 g/mol. The predicted octanol–water partition coefficient (Wildman–Crippen LogP) is 4.60. The first-order valence-corrected chi connectivity index (χ1v) is 8.51. The number of halogens is 1. The van der Waals surface area contributed by atoms with Crippen LogP contribution in [0.3, 0.4) is 0 Å². The normalized spacial score (nSPS) is 11.0. The minimum absolute atomic E-state index is 0.119. The van der Waals surface area contributed by atoms with Gasteiger partial charge in [0.1, 0.15) is 5.58 Å². The topological polar surface area (TPSA) is 68.3 Å². The summed E-state index contributed by atoms with van der Waals surface area (Å²) in [5.41, 5.74) is 2.18. The van der Waals surface area contributed by atoms with Crippen LogP contribution in [0.15, 0.2) is 69.6 Å². The average Bonchev–Trinajstić information content (AvgIpc) is 3.27. The fraction of sp³-hybridized carbons (Fsp3) is 0.100. The number of nitrogens with one attached hydrogen (secondary N) is 1. The largest absolute Gasteiger partial charge is 0.453 e. The zero-order valence-electron chi connectivity index (χ0n) is 13.7. The van der Waals surface area contributed by atoms with Crippen molar-refractivity contribution in [3.8, 4) is 11.5 Å². The number of rotatable bonds is 5. The quantitative estimate of drug-likeness (QED) is 0.560. The molecule has 0 unspecified atom stereocenters. The molecule has 6 heteroatoms. The Morgan fingerprint density at radius 3 is 2.69 bits per heavy atom. The average molecular weight is 367 g/mol. The fourth-order valence-corrected chi connectivity index (χ4v) is 2.88. The fourth-order valence-electron chi connectivity index (χ4n) is 2.68. The van der Waals surface area contributed by atoms with Gasteiger partial charge in [0.15, 0.2) is 5.76 Å². The third-order valence-corrected chi connectivity index (χ3v) is 4.37. The molecule has 2 aromatic carbocycles. The molecule has 0 saturated heterocycles. The SMILES string of the molecule is O=C(Cc1cc(-c2cc3ccccc3o2)on1)NCc1ccccc1Cl. The van der Waals surface area contributed by atoms with E-state index in [0.717, 1.165) is 16.5 Å². The van der Waals surface area contributed by atoms with E-state index in [0.29, 0.717) is 28.8 Å². The van der Waals surface area contributed by atoms with Crippen LogP contribution in [0.4, 0.5) is 0 Å². The highest BCUT2D eigenvalue weighted by Gasteiger charge is 2.14. The summed E-state index contributed by atoms with van der Waals surface area (Å²) < 4.78 is 11.1. The van der Waals surface area contributed by atoms with Gasteiger partial charge in [-0.25, -0.2) is 0 Å². The highest BCUT2D eigenvalue weighted by atomic mass is 35.5. The lowest BCUT2D eigenvalue weighted by atomic mass is 10.2. The van der Waals surface area contributed by atoms with E-state index in [2.05, 4.69) is 10.5 Å². The van der Waals surface area contributed by atoms with Crippen molar-refractivity contribution >= 4 is 28.5 Å². The summed E-state index contributed by atoms with van der Waals surface area (Å²) in [7, 11) is 0. The lowest BCUT2D eigenvalue weighted by Crippen LogP contribution is -2.24. The lowest BCUT2D eigenvalue weighted by molar-refractivity contribution is -0.120. The maximum atomic E-state index is 12.1. The minimum atomic E-state index is -0.158. The molecule has 0 atom stereocenters. The number of benzene rings is 2. The van der Waals surface area contributed by atoms with Crippen LogP contribution in [0.1, 0.15) is 11.3 Å². The monoisotopic (exact) mass is 366 g/mol. The smallest absolute Gasteiger partial charge is 0.226 e. The predicted molar refractivity (Wildman–Crippen MR) is 98.7 cm³/mol. The van der Waals surface area contributed by atoms with Crippen molar-refractivity contribution in [2.24, 2.45) is 0 Å². The van der Waals surface area contributed by atoms with E-state index in [-0.39, 0.29) is 12.3 Å². The van der Waals surface area contributed by atoms with E-state index < -0.39 is 0 Å².